The normalized spacial score (nSPS) is 12.4. The van der Waals surface area contributed by atoms with Gasteiger partial charge in [-0.05, 0) is 30.9 Å². The van der Waals surface area contributed by atoms with Gasteiger partial charge in [-0.2, -0.15) is 0 Å². The third-order valence-corrected chi connectivity index (χ3v) is 4.26. The van der Waals surface area contributed by atoms with Crippen LogP contribution in [0.25, 0.3) is 0 Å². The topological polar surface area (TPSA) is 21.3 Å². The first-order chi connectivity index (χ1) is 9.24. The number of methoxy groups -OCH3 is 1. The molecule has 0 aliphatic rings. The van der Waals surface area contributed by atoms with Crippen molar-refractivity contribution in [1.29, 1.82) is 0 Å². The molecule has 0 aliphatic heterocycles. The molecule has 1 aromatic heterocycles. The predicted molar refractivity (Wildman–Crippen MR) is 81.9 cm³/mol. The number of ether oxygens (including phenoxy) is 1. The van der Waals surface area contributed by atoms with E-state index in [9.17, 15) is 0 Å². The predicted octanol–water partition coefficient (Wildman–Crippen LogP) is 4.31. The van der Waals surface area contributed by atoms with Gasteiger partial charge in [0.05, 0.1) is 7.11 Å². The Kier molecular flexibility index (Phi) is 5.00. The first kappa shape index (κ1) is 14.1. The van der Waals surface area contributed by atoms with Gasteiger partial charge in [0.15, 0.2) is 0 Å². The fourth-order valence-electron chi connectivity index (χ4n) is 2.21. The van der Waals surface area contributed by atoms with Gasteiger partial charge in [-0.1, -0.05) is 30.7 Å². The average molecular weight is 275 g/mol. The Morgan fingerprint density at radius 1 is 1.32 bits per heavy atom. The van der Waals surface area contributed by atoms with Gasteiger partial charge in [0.1, 0.15) is 5.75 Å². The highest BCUT2D eigenvalue weighted by molar-refractivity contribution is 7.10. The number of thiophene rings is 1. The Morgan fingerprint density at radius 2 is 2.16 bits per heavy atom. The minimum atomic E-state index is 0.421. The van der Waals surface area contributed by atoms with Crippen LogP contribution in [0.15, 0.2) is 35.7 Å². The van der Waals surface area contributed by atoms with Crippen molar-refractivity contribution < 1.29 is 4.74 Å². The van der Waals surface area contributed by atoms with Crippen LogP contribution in [-0.4, -0.2) is 7.11 Å². The Morgan fingerprint density at radius 3 is 2.79 bits per heavy atom. The number of benzene rings is 1. The quantitative estimate of drug-likeness (QED) is 0.848. The van der Waals surface area contributed by atoms with Crippen molar-refractivity contribution in [3.05, 3.63) is 51.7 Å². The summed E-state index contributed by atoms with van der Waals surface area (Å²) in [6.07, 6.45) is 1.09. The highest BCUT2D eigenvalue weighted by Crippen LogP contribution is 2.24. The monoisotopic (exact) mass is 275 g/mol. The van der Waals surface area contributed by atoms with Crippen molar-refractivity contribution in [3.63, 3.8) is 0 Å². The number of aryl methyl sites for hydroxylation is 1. The second kappa shape index (κ2) is 6.73. The molecular formula is C16H21NOS. The minimum absolute atomic E-state index is 0.421. The Balaban J connectivity index is 2.07. The molecule has 1 aromatic carbocycles. The van der Waals surface area contributed by atoms with Crippen LogP contribution in [0.2, 0.25) is 0 Å². The second-order valence-corrected chi connectivity index (χ2v) is 5.65. The molecule has 0 radical (unpaired) electrons. The standard InChI is InChI=1S/C16H21NOS/c1-4-14(16-6-5-9-19-16)17-11-13-10-12(2)7-8-15(13)18-3/h5-10,14,17H,4,11H2,1-3H3. The van der Waals surface area contributed by atoms with E-state index >= 15 is 0 Å². The summed E-state index contributed by atoms with van der Waals surface area (Å²) >= 11 is 1.81. The Bertz CT molecular complexity index is 507. The lowest BCUT2D eigenvalue weighted by molar-refractivity contribution is 0.404. The lowest BCUT2D eigenvalue weighted by atomic mass is 10.1. The summed E-state index contributed by atoms with van der Waals surface area (Å²) in [7, 11) is 1.73. The molecule has 102 valence electrons. The molecule has 2 rings (SSSR count). The zero-order chi connectivity index (χ0) is 13.7. The molecule has 0 saturated heterocycles. The van der Waals surface area contributed by atoms with Crippen molar-refractivity contribution in [2.75, 3.05) is 7.11 Å². The van der Waals surface area contributed by atoms with Crippen LogP contribution < -0.4 is 10.1 Å². The summed E-state index contributed by atoms with van der Waals surface area (Å²) in [5, 5.41) is 5.75. The van der Waals surface area contributed by atoms with Crippen molar-refractivity contribution >= 4 is 11.3 Å². The Hall–Kier alpha value is -1.32. The maximum atomic E-state index is 5.42. The maximum absolute atomic E-state index is 5.42. The van der Waals surface area contributed by atoms with Crippen LogP contribution in [0.4, 0.5) is 0 Å². The first-order valence-corrected chi connectivity index (χ1v) is 7.53. The summed E-state index contributed by atoms with van der Waals surface area (Å²) in [5.41, 5.74) is 2.49. The van der Waals surface area contributed by atoms with Crippen LogP contribution >= 0.6 is 11.3 Å². The van der Waals surface area contributed by atoms with E-state index in [1.165, 1.54) is 16.0 Å². The average Bonchev–Trinajstić information content (AvgIpc) is 2.94. The lowest BCUT2D eigenvalue weighted by Crippen LogP contribution is -2.19. The third kappa shape index (κ3) is 3.58. The van der Waals surface area contributed by atoms with Gasteiger partial charge in [-0.25, -0.2) is 0 Å². The van der Waals surface area contributed by atoms with E-state index in [4.69, 9.17) is 4.74 Å². The van der Waals surface area contributed by atoms with E-state index in [1.807, 2.05) is 17.4 Å². The molecular weight excluding hydrogens is 254 g/mol. The number of nitrogens with one attached hydrogen (secondary N) is 1. The third-order valence-electron chi connectivity index (χ3n) is 3.27. The second-order valence-electron chi connectivity index (χ2n) is 4.67. The number of hydrogen-bond donors (Lipinski definition) is 1. The van der Waals surface area contributed by atoms with E-state index < -0.39 is 0 Å². The van der Waals surface area contributed by atoms with Gasteiger partial charge < -0.3 is 10.1 Å². The molecule has 3 heteroatoms. The van der Waals surface area contributed by atoms with Crippen LogP contribution in [0.5, 0.6) is 5.75 Å². The van der Waals surface area contributed by atoms with Crippen molar-refractivity contribution in [1.82, 2.24) is 5.32 Å². The van der Waals surface area contributed by atoms with Crippen LogP contribution in [0, 0.1) is 6.92 Å². The molecule has 0 amide bonds. The van der Waals surface area contributed by atoms with E-state index in [0.29, 0.717) is 6.04 Å². The molecule has 2 nitrogen and oxygen atoms in total. The van der Waals surface area contributed by atoms with Gasteiger partial charge in [0, 0.05) is 23.0 Å². The zero-order valence-electron chi connectivity index (χ0n) is 11.8. The number of rotatable bonds is 6. The highest BCUT2D eigenvalue weighted by atomic mass is 32.1. The maximum Gasteiger partial charge on any atom is 0.123 e. The van der Waals surface area contributed by atoms with E-state index in [0.717, 1.165) is 18.7 Å². The molecule has 1 atom stereocenters. The number of hydrogen-bond acceptors (Lipinski definition) is 3. The van der Waals surface area contributed by atoms with Gasteiger partial charge in [0.25, 0.3) is 0 Å². The summed E-state index contributed by atoms with van der Waals surface area (Å²) in [6.45, 7) is 5.16. The van der Waals surface area contributed by atoms with Crippen molar-refractivity contribution in [2.24, 2.45) is 0 Å². The summed E-state index contributed by atoms with van der Waals surface area (Å²) < 4.78 is 5.42. The van der Waals surface area contributed by atoms with E-state index in [-0.39, 0.29) is 0 Å². The summed E-state index contributed by atoms with van der Waals surface area (Å²) in [5.74, 6) is 0.958. The van der Waals surface area contributed by atoms with Gasteiger partial charge in [0.2, 0.25) is 0 Å². The highest BCUT2D eigenvalue weighted by Gasteiger charge is 2.11. The summed E-state index contributed by atoms with van der Waals surface area (Å²) in [6, 6.07) is 11.0. The van der Waals surface area contributed by atoms with Gasteiger partial charge >= 0.3 is 0 Å². The first-order valence-electron chi connectivity index (χ1n) is 6.65. The van der Waals surface area contributed by atoms with Crippen LogP contribution in [0.1, 0.15) is 35.4 Å². The molecule has 1 N–H and O–H groups in total. The van der Waals surface area contributed by atoms with E-state index in [2.05, 4.69) is 48.8 Å². The van der Waals surface area contributed by atoms with Crippen molar-refractivity contribution in [3.8, 4) is 5.75 Å². The summed E-state index contributed by atoms with van der Waals surface area (Å²) in [4.78, 5) is 1.40. The van der Waals surface area contributed by atoms with Crippen LogP contribution in [-0.2, 0) is 6.54 Å². The van der Waals surface area contributed by atoms with Crippen molar-refractivity contribution in [2.45, 2.75) is 32.9 Å². The molecule has 2 aromatic rings. The Labute approximate surface area is 119 Å². The van der Waals surface area contributed by atoms with E-state index in [1.54, 1.807) is 7.11 Å². The zero-order valence-corrected chi connectivity index (χ0v) is 12.6. The largest absolute Gasteiger partial charge is 0.496 e. The molecule has 1 unspecified atom stereocenters. The minimum Gasteiger partial charge on any atom is -0.496 e. The lowest BCUT2D eigenvalue weighted by Gasteiger charge is -2.17. The molecule has 0 saturated carbocycles. The smallest absolute Gasteiger partial charge is 0.123 e. The molecule has 0 spiro atoms. The SMILES string of the molecule is CCC(NCc1cc(C)ccc1OC)c1cccs1. The fourth-order valence-corrected chi connectivity index (χ4v) is 3.10. The van der Waals surface area contributed by atoms with Gasteiger partial charge in [-0.15, -0.1) is 11.3 Å². The van der Waals surface area contributed by atoms with Crippen LogP contribution in [0.3, 0.4) is 0 Å². The molecule has 0 fully saturated rings. The molecule has 19 heavy (non-hydrogen) atoms. The van der Waals surface area contributed by atoms with Gasteiger partial charge in [-0.3, -0.25) is 0 Å². The molecule has 0 bridgehead atoms. The molecule has 1 heterocycles. The fraction of sp³-hybridized carbons (Fsp3) is 0.375. The molecule has 0 aliphatic carbocycles.